The number of amides is 1. The van der Waals surface area contributed by atoms with Crippen LogP contribution in [0.5, 0.6) is 0 Å². The molecule has 1 atom stereocenters. The van der Waals surface area contributed by atoms with Crippen LogP contribution in [0.1, 0.15) is 35.7 Å². The minimum atomic E-state index is 0. The van der Waals surface area contributed by atoms with Gasteiger partial charge in [0.25, 0.3) is 5.91 Å². The maximum atomic E-state index is 12.4. The number of carbonyl (C=O) groups excluding carboxylic acids is 1. The number of carbonyl (C=O) groups is 1. The van der Waals surface area contributed by atoms with Gasteiger partial charge in [-0.25, -0.2) is 0 Å². The van der Waals surface area contributed by atoms with Crippen LogP contribution in [0, 0.1) is 0 Å². The van der Waals surface area contributed by atoms with Crippen molar-refractivity contribution in [2.45, 2.75) is 31.6 Å². The van der Waals surface area contributed by atoms with Crippen LogP contribution in [0.2, 0.25) is 0 Å². The summed E-state index contributed by atoms with van der Waals surface area (Å²) in [4.78, 5) is 14.3. The highest BCUT2D eigenvalue weighted by atomic mass is 35.5. The summed E-state index contributed by atoms with van der Waals surface area (Å²) in [5.41, 5.74) is 7.78. The molecule has 0 bridgehead atoms. The lowest BCUT2D eigenvalue weighted by Gasteiger charge is -2.23. The average Bonchev–Trinajstić information content (AvgIpc) is 2.93. The Hall–Kier alpha value is -0.710. The molecule has 20 heavy (non-hydrogen) atoms. The SMILES string of the molecule is CCSCc1ccc(C(=O)N2CCCC2CN)cc1.Cl. The molecule has 1 unspecified atom stereocenters. The van der Waals surface area contributed by atoms with E-state index in [9.17, 15) is 4.79 Å². The van der Waals surface area contributed by atoms with Gasteiger partial charge in [0.2, 0.25) is 0 Å². The molecule has 5 heteroatoms. The molecule has 112 valence electrons. The van der Waals surface area contributed by atoms with E-state index < -0.39 is 0 Å². The third-order valence-corrected chi connectivity index (χ3v) is 4.53. The molecular formula is C15H23ClN2OS. The smallest absolute Gasteiger partial charge is 0.254 e. The van der Waals surface area contributed by atoms with Gasteiger partial charge >= 0.3 is 0 Å². The van der Waals surface area contributed by atoms with Gasteiger partial charge < -0.3 is 10.6 Å². The number of halogens is 1. The summed E-state index contributed by atoms with van der Waals surface area (Å²) < 4.78 is 0. The quantitative estimate of drug-likeness (QED) is 0.909. The van der Waals surface area contributed by atoms with Gasteiger partial charge in [0, 0.05) is 30.4 Å². The standard InChI is InChI=1S/C15H22N2OS.ClH/c1-2-19-11-12-5-7-13(8-6-12)15(18)17-9-3-4-14(17)10-16;/h5-8,14H,2-4,9-11,16H2,1H3;1H. The summed E-state index contributed by atoms with van der Waals surface area (Å²) in [7, 11) is 0. The second-order valence-corrected chi connectivity index (χ2v) is 6.14. The summed E-state index contributed by atoms with van der Waals surface area (Å²) in [6.07, 6.45) is 2.10. The second kappa shape index (κ2) is 8.55. The van der Waals surface area contributed by atoms with E-state index in [1.807, 2.05) is 28.8 Å². The van der Waals surface area contributed by atoms with Crippen LogP contribution in [-0.2, 0) is 5.75 Å². The zero-order chi connectivity index (χ0) is 13.7. The average molecular weight is 315 g/mol. The largest absolute Gasteiger partial charge is 0.334 e. The van der Waals surface area contributed by atoms with Gasteiger partial charge in [-0.3, -0.25) is 4.79 Å². The van der Waals surface area contributed by atoms with Crippen LogP contribution >= 0.6 is 24.2 Å². The van der Waals surface area contributed by atoms with E-state index in [4.69, 9.17) is 5.73 Å². The highest BCUT2D eigenvalue weighted by molar-refractivity contribution is 7.98. The Bertz CT molecular complexity index is 424. The Labute approximate surface area is 131 Å². The fourth-order valence-electron chi connectivity index (χ4n) is 2.48. The topological polar surface area (TPSA) is 46.3 Å². The first-order chi connectivity index (χ1) is 9.26. The van der Waals surface area contributed by atoms with Crippen LogP contribution in [0.4, 0.5) is 0 Å². The molecule has 1 aromatic carbocycles. The molecule has 0 spiro atoms. The van der Waals surface area contributed by atoms with E-state index in [2.05, 4.69) is 19.1 Å². The fourth-order valence-corrected chi connectivity index (χ4v) is 3.11. The molecule has 1 aromatic rings. The van der Waals surface area contributed by atoms with Gasteiger partial charge in [-0.05, 0) is 36.3 Å². The first-order valence-corrected chi connectivity index (χ1v) is 8.09. The third-order valence-electron chi connectivity index (χ3n) is 3.58. The number of nitrogens with zero attached hydrogens (tertiary/aromatic N) is 1. The molecule has 3 nitrogen and oxygen atoms in total. The Kier molecular flexibility index (Phi) is 7.41. The van der Waals surface area contributed by atoms with Crippen molar-refractivity contribution in [3.8, 4) is 0 Å². The van der Waals surface area contributed by atoms with Crippen molar-refractivity contribution in [1.29, 1.82) is 0 Å². The predicted octanol–water partition coefficient (Wildman–Crippen LogP) is 2.92. The van der Waals surface area contributed by atoms with E-state index in [0.29, 0.717) is 6.54 Å². The zero-order valence-corrected chi connectivity index (χ0v) is 13.5. The van der Waals surface area contributed by atoms with Gasteiger partial charge in [-0.1, -0.05) is 19.1 Å². The molecule has 0 saturated carbocycles. The maximum absolute atomic E-state index is 12.4. The van der Waals surface area contributed by atoms with Crippen molar-refractivity contribution in [3.63, 3.8) is 0 Å². The van der Waals surface area contributed by atoms with Crippen LogP contribution in [0.15, 0.2) is 24.3 Å². The molecular weight excluding hydrogens is 292 g/mol. The molecule has 1 amide bonds. The highest BCUT2D eigenvalue weighted by Crippen LogP contribution is 2.20. The van der Waals surface area contributed by atoms with Gasteiger partial charge in [0.1, 0.15) is 0 Å². The molecule has 1 fully saturated rings. The first-order valence-electron chi connectivity index (χ1n) is 6.94. The van der Waals surface area contributed by atoms with E-state index in [0.717, 1.165) is 36.5 Å². The predicted molar refractivity (Wildman–Crippen MR) is 88.6 cm³/mol. The lowest BCUT2D eigenvalue weighted by Crippen LogP contribution is -2.39. The van der Waals surface area contributed by atoms with Crippen LogP contribution in [-0.4, -0.2) is 35.7 Å². The Morgan fingerprint density at radius 2 is 2.10 bits per heavy atom. The van der Waals surface area contributed by atoms with Crippen molar-refractivity contribution in [2.75, 3.05) is 18.8 Å². The number of hydrogen-bond donors (Lipinski definition) is 1. The summed E-state index contributed by atoms with van der Waals surface area (Å²) in [6, 6.07) is 8.23. The lowest BCUT2D eigenvalue weighted by molar-refractivity contribution is 0.0741. The van der Waals surface area contributed by atoms with Crippen LogP contribution < -0.4 is 5.73 Å². The number of likely N-dealkylation sites (tertiary alicyclic amines) is 1. The Balaban J connectivity index is 0.00000200. The molecule has 0 radical (unpaired) electrons. The van der Waals surface area contributed by atoms with E-state index in [1.54, 1.807) is 0 Å². The van der Waals surface area contributed by atoms with Gasteiger partial charge in [0.05, 0.1) is 0 Å². The van der Waals surface area contributed by atoms with Crippen LogP contribution in [0.3, 0.4) is 0 Å². The van der Waals surface area contributed by atoms with E-state index in [1.165, 1.54) is 5.56 Å². The summed E-state index contributed by atoms with van der Waals surface area (Å²) in [5, 5.41) is 0. The molecule has 2 N–H and O–H groups in total. The third kappa shape index (κ3) is 4.14. The normalized spacial score (nSPS) is 17.9. The minimum absolute atomic E-state index is 0. The Morgan fingerprint density at radius 1 is 1.40 bits per heavy atom. The number of hydrogen-bond acceptors (Lipinski definition) is 3. The minimum Gasteiger partial charge on any atom is -0.334 e. The number of benzene rings is 1. The van der Waals surface area contributed by atoms with Gasteiger partial charge in [-0.15, -0.1) is 12.4 Å². The van der Waals surface area contributed by atoms with Crippen molar-refractivity contribution in [1.82, 2.24) is 4.90 Å². The monoisotopic (exact) mass is 314 g/mol. The van der Waals surface area contributed by atoms with Crippen molar-refractivity contribution < 1.29 is 4.79 Å². The summed E-state index contributed by atoms with van der Waals surface area (Å²) >= 11 is 1.89. The highest BCUT2D eigenvalue weighted by Gasteiger charge is 2.28. The van der Waals surface area contributed by atoms with Gasteiger partial charge in [0.15, 0.2) is 0 Å². The molecule has 1 aliphatic heterocycles. The van der Waals surface area contributed by atoms with Crippen LogP contribution in [0.25, 0.3) is 0 Å². The first kappa shape index (κ1) is 17.3. The molecule has 1 aliphatic rings. The summed E-state index contributed by atoms with van der Waals surface area (Å²) in [6.45, 7) is 3.56. The molecule has 1 heterocycles. The lowest BCUT2D eigenvalue weighted by atomic mass is 10.1. The maximum Gasteiger partial charge on any atom is 0.254 e. The molecule has 0 aromatic heterocycles. The van der Waals surface area contributed by atoms with E-state index >= 15 is 0 Å². The van der Waals surface area contributed by atoms with Crippen molar-refractivity contribution in [2.24, 2.45) is 5.73 Å². The summed E-state index contributed by atoms with van der Waals surface area (Å²) in [5.74, 6) is 2.26. The molecule has 0 aliphatic carbocycles. The van der Waals surface area contributed by atoms with Crippen molar-refractivity contribution in [3.05, 3.63) is 35.4 Å². The Morgan fingerprint density at radius 3 is 2.70 bits per heavy atom. The van der Waals surface area contributed by atoms with Gasteiger partial charge in [-0.2, -0.15) is 11.8 Å². The molecule has 1 saturated heterocycles. The van der Waals surface area contributed by atoms with E-state index in [-0.39, 0.29) is 24.4 Å². The number of rotatable bonds is 5. The fraction of sp³-hybridized carbons (Fsp3) is 0.533. The molecule has 2 rings (SSSR count). The second-order valence-electron chi connectivity index (χ2n) is 4.86. The number of thioether (sulfide) groups is 1. The zero-order valence-electron chi connectivity index (χ0n) is 11.9. The van der Waals surface area contributed by atoms with Crippen molar-refractivity contribution >= 4 is 30.1 Å². The number of nitrogens with two attached hydrogens (primary N) is 1.